The van der Waals surface area contributed by atoms with Crippen LogP contribution in [0.3, 0.4) is 0 Å². The van der Waals surface area contributed by atoms with Crippen LogP contribution in [0.15, 0.2) is 35.0 Å². The van der Waals surface area contributed by atoms with Crippen molar-refractivity contribution in [1.29, 1.82) is 0 Å². The quantitative estimate of drug-likeness (QED) is 0.450. The van der Waals surface area contributed by atoms with Gasteiger partial charge in [-0.1, -0.05) is 11.6 Å². The molecule has 194 valence electrons. The minimum absolute atomic E-state index is 0.139. The normalized spacial score (nSPS) is 20.1. The van der Waals surface area contributed by atoms with Crippen LogP contribution in [0.5, 0.6) is 0 Å². The van der Waals surface area contributed by atoms with Crippen LogP contribution in [-0.4, -0.2) is 58.9 Å². The van der Waals surface area contributed by atoms with Crippen molar-refractivity contribution in [3.05, 3.63) is 46.9 Å². The first-order valence-corrected chi connectivity index (χ1v) is 12.8. The Morgan fingerprint density at radius 2 is 1.81 bits per heavy atom. The molecule has 37 heavy (non-hydrogen) atoms. The molecule has 0 spiro atoms. The second-order valence-corrected chi connectivity index (χ2v) is 9.86. The zero-order valence-corrected chi connectivity index (χ0v) is 21.2. The van der Waals surface area contributed by atoms with Gasteiger partial charge in [0.15, 0.2) is 5.58 Å². The third-order valence-electron chi connectivity index (χ3n) is 7.10. The highest BCUT2D eigenvalue weighted by Crippen LogP contribution is 2.34. The number of nitrogens with one attached hydrogen (secondary N) is 2. The van der Waals surface area contributed by atoms with Crippen LogP contribution in [-0.2, 0) is 9.53 Å². The number of likely N-dealkylation sites (tertiary alicyclic amines) is 1. The Morgan fingerprint density at radius 3 is 2.49 bits per heavy atom. The maximum absolute atomic E-state index is 13.3. The van der Waals surface area contributed by atoms with Crippen molar-refractivity contribution in [2.75, 3.05) is 30.8 Å². The third kappa shape index (κ3) is 5.45. The summed E-state index contributed by atoms with van der Waals surface area (Å²) in [5.74, 6) is -1.45. The van der Waals surface area contributed by atoms with E-state index in [2.05, 4.69) is 25.5 Å². The van der Waals surface area contributed by atoms with Gasteiger partial charge >= 0.3 is 5.97 Å². The summed E-state index contributed by atoms with van der Waals surface area (Å²) >= 11 is 5.88. The zero-order valence-electron chi connectivity index (χ0n) is 20.5. The average molecular weight is 526 g/mol. The number of pyridine rings is 2. The molecule has 3 aromatic rings. The Bertz CT molecular complexity index is 1310. The number of rotatable bonds is 6. The number of anilines is 2. The zero-order chi connectivity index (χ0) is 25.9. The van der Waals surface area contributed by atoms with Crippen LogP contribution in [0.4, 0.5) is 11.5 Å². The molecule has 1 saturated carbocycles. The second kappa shape index (κ2) is 10.9. The van der Waals surface area contributed by atoms with E-state index in [9.17, 15) is 14.4 Å². The van der Waals surface area contributed by atoms with Crippen molar-refractivity contribution in [3.8, 4) is 0 Å². The molecular weight excluding hydrogens is 498 g/mol. The molecule has 0 unspecified atom stereocenters. The summed E-state index contributed by atoms with van der Waals surface area (Å²) < 4.78 is 10.6. The SMILES string of the molecule is COC(=O)c1cnc2c(NC(=O)[C@H]3CC[C@H](N4CCCC4)CC3)c(C(=O)Nc3ccc(Cl)cn3)oc2c1. The second-order valence-electron chi connectivity index (χ2n) is 9.42. The number of hydrogen-bond donors (Lipinski definition) is 2. The molecule has 1 aliphatic carbocycles. The number of carbonyl (C=O) groups is 3. The van der Waals surface area contributed by atoms with Crippen molar-refractivity contribution < 1.29 is 23.5 Å². The number of esters is 1. The van der Waals surface area contributed by atoms with E-state index in [-0.39, 0.29) is 45.8 Å². The third-order valence-corrected chi connectivity index (χ3v) is 7.32. The number of halogens is 1. The largest absolute Gasteiger partial charge is 0.465 e. The lowest BCUT2D eigenvalue weighted by Gasteiger charge is -2.33. The summed E-state index contributed by atoms with van der Waals surface area (Å²) in [4.78, 5) is 49.4. The number of fused-ring (bicyclic) bond motifs is 1. The van der Waals surface area contributed by atoms with Crippen molar-refractivity contribution >= 4 is 52.0 Å². The standard InChI is InChI=1S/C26H28ClN5O5/c1-36-26(35)16-12-19-21(29-13-16)22(23(37-19)25(34)30-20-9-6-17(27)14-28-20)31-24(33)15-4-7-18(8-5-15)32-10-2-3-11-32/h6,9,12-15,18H,2-5,7-8,10-11H2,1H3,(H,31,33)(H,28,30,34)/t15-,18-. The Hall–Kier alpha value is -3.50. The topological polar surface area (TPSA) is 127 Å². The van der Waals surface area contributed by atoms with Gasteiger partial charge in [-0.25, -0.2) is 14.8 Å². The van der Waals surface area contributed by atoms with Gasteiger partial charge in [0.1, 0.15) is 17.0 Å². The van der Waals surface area contributed by atoms with Crippen LogP contribution >= 0.6 is 11.6 Å². The first-order chi connectivity index (χ1) is 17.9. The van der Waals surface area contributed by atoms with E-state index < -0.39 is 11.9 Å². The summed E-state index contributed by atoms with van der Waals surface area (Å²) in [6, 6.07) is 5.11. The number of nitrogens with zero attached hydrogens (tertiary/aromatic N) is 3. The van der Waals surface area contributed by atoms with Gasteiger partial charge < -0.3 is 24.7 Å². The molecule has 1 aliphatic heterocycles. The molecule has 0 bridgehead atoms. The first-order valence-electron chi connectivity index (χ1n) is 12.4. The molecule has 11 heteroatoms. The minimum Gasteiger partial charge on any atom is -0.465 e. The molecule has 0 atom stereocenters. The molecule has 0 radical (unpaired) electrons. The van der Waals surface area contributed by atoms with Crippen LogP contribution in [0.25, 0.3) is 11.1 Å². The predicted molar refractivity (Wildman–Crippen MR) is 138 cm³/mol. The van der Waals surface area contributed by atoms with E-state index in [1.54, 1.807) is 12.1 Å². The lowest BCUT2D eigenvalue weighted by Crippen LogP contribution is -2.38. The number of methoxy groups -OCH3 is 1. The van der Waals surface area contributed by atoms with Gasteiger partial charge in [0, 0.05) is 24.4 Å². The van der Waals surface area contributed by atoms with Crippen molar-refractivity contribution in [1.82, 2.24) is 14.9 Å². The summed E-state index contributed by atoms with van der Waals surface area (Å²) in [6.07, 6.45) is 8.72. The number of aromatic nitrogens is 2. The van der Waals surface area contributed by atoms with Crippen LogP contribution in [0, 0.1) is 5.92 Å². The van der Waals surface area contributed by atoms with Gasteiger partial charge in [0.2, 0.25) is 11.7 Å². The first kappa shape index (κ1) is 25.2. The maximum atomic E-state index is 13.3. The highest BCUT2D eigenvalue weighted by molar-refractivity contribution is 6.30. The van der Waals surface area contributed by atoms with Crippen LogP contribution < -0.4 is 10.6 Å². The maximum Gasteiger partial charge on any atom is 0.339 e. The number of carbonyl (C=O) groups excluding carboxylic acids is 3. The van der Waals surface area contributed by atoms with Gasteiger partial charge in [0.05, 0.1) is 17.7 Å². The molecule has 1 saturated heterocycles. The van der Waals surface area contributed by atoms with Gasteiger partial charge in [-0.05, 0) is 69.8 Å². The number of furan rings is 1. The fraction of sp³-hybridized carbons (Fsp3) is 0.423. The lowest BCUT2D eigenvalue weighted by molar-refractivity contribution is -0.121. The smallest absolute Gasteiger partial charge is 0.339 e. The van der Waals surface area contributed by atoms with E-state index >= 15 is 0 Å². The molecular formula is C26H28ClN5O5. The fourth-order valence-electron chi connectivity index (χ4n) is 5.14. The Morgan fingerprint density at radius 1 is 1.05 bits per heavy atom. The molecule has 2 amide bonds. The van der Waals surface area contributed by atoms with E-state index in [0.717, 1.165) is 38.8 Å². The predicted octanol–water partition coefficient (Wildman–Crippen LogP) is 4.51. The molecule has 5 rings (SSSR count). The molecule has 10 nitrogen and oxygen atoms in total. The Kier molecular flexibility index (Phi) is 7.38. The number of hydrogen-bond acceptors (Lipinski definition) is 8. The molecule has 4 heterocycles. The van der Waals surface area contributed by atoms with E-state index in [1.165, 1.54) is 38.4 Å². The monoisotopic (exact) mass is 525 g/mol. The van der Waals surface area contributed by atoms with Gasteiger partial charge in [-0.2, -0.15) is 0 Å². The highest BCUT2D eigenvalue weighted by atomic mass is 35.5. The average Bonchev–Trinajstić information content (AvgIpc) is 3.58. The van der Waals surface area contributed by atoms with Gasteiger partial charge in [-0.15, -0.1) is 0 Å². The summed E-state index contributed by atoms with van der Waals surface area (Å²) in [6.45, 7) is 2.28. The van der Waals surface area contributed by atoms with E-state index in [4.69, 9.17) is 20.8 Å². The number of ether oxygens (including phenoxy) is 1. The molecule has 2 fully saturated rings. The number of amides is 2. The van der Waals surface area contributed by atoms with Crippen molar-refractivity contribution in [2.45, 2.75) is 44.6 Å². The van der Waals surface area contributed by atoms with Crippen molar-refractivity contribution in [2.24, 2.45) is 5.92 Å². The summed E-state index contributed by atoms with van der Waals surface area (Å²) in [7, 11) is 1.26. The summed E-state index contributed by atoms with van der Waals surface area (Å²) in [5, 5.41) is 5.97. The minimum atomic E-state index is -0.625. The molecule has 0 aromatic carbocycles. The molecule has 3 aromatic heterocycles. The van der Waals surface area contributed by atoms with Gasteiger partial charge in [-0.3, -0.25) is 9.59 Å². The Labute approximate surface area is 218 Å². The fourth-order valence-corrected chi connectivity index (χ4v) is 5.25. The van der Waals surface area contributed by atoms with E-state index in [1.807, 2.05) is 0 Å². The Balaban J connectivity index is 1.39. The van der Waals surface area contributed by atoms with Crippen molar-refractivity contribution in [3.63, 3.8) is 0 Å². The lowest BCUT2D eigenvalue weighted by atomic mass is 9.85. The molecule has 2 N–H and O–H groups in total. The van der Waals surface area contributed by atoms with Gasteiger partial charge in [0.25, 0.3) is 5.91 Å². The molecule has 2 aliphatic rings. The summed E-state index contributed by atoms with van der Waals surface area (Å²) in [5.41, 5.74) is 0.754. The van der Waals surface area contributed by atoms with Crippen LogP contribution in [0.1, 0.15) is 59.4 Å². The van der Waals surface area contributed by atoms with E-state index in [0.29, 0.717) is 11.1 Å². The van der Waals surface area contributed by atoms with Crippen LogP contribution in [0.2, 0.25) is 5.02 Å². The highest BCUT2D eigenvalue weighted by Gasteiger charge is 2.32.